The molecule has 0 spiro atoms. The lowest BCUT2D eigenvalue weighted by molar-refractivity contribution is 0.0997. The van der Waals surface area contributed by atoms with Crippen LogP contribution in [0.3, 0.4) is 0 Å². The molecule has 1 amide bonds. The summed E-state index contributed by atoms with van der Waals surface area (Å²) in [6.45, 7) is 5.90. The van der Waals surface area contributed by atoms with Crippen molar-refractivity contribution >= 4 is 22.7 Å². The molecule has 2 heterocycles. The maximum Gasteiger partial charge on any atom is 0.292 e. The van der Waals surface area contributed by atoms with Gasteiger partial charge in [0.15, 0.2) is 5.76 Å². The highest BCUT2D eigenvalue weighted by Crippen LogP contribution is 2.27. The molecule has 0 aliphatic carbocycles. The van der Waals surface area contributed by atoms with E-state index in [-0.39, 0.29) is 5.91 Å². The Morgan fingerprint density at radius 2 is 2.09 bits per heavy atom. The van der Waals surface area contributed by atoms with Crippen LogP contribution in [0.5, 0.6) is 0 Å². The van der Waals surface area contributed by atoms with Gasteiger partial charge in [0.2, 0.25) is 0 Å². The molecule has 0 saturated heterocycles. The number of aromatic nitrogens is 2. The number of aryl methyl sites for hydroxylation is 4. The van der Waals surface area contributed by atoms with Gasteiger partial charge < -0.3 is 9.73 Å². The van der Waals surface area contributed by atoms with E-state index in [0.717, 1.165) is 28.6 Å². The minimum Gasteiger partial charge on any atom is -0.451 e. The summed E-state index contributed by atoms with van der Waals surface area (Å²) in [5.41, 5.74) is 3.68. The second-order valence-electron chi connectivity index (χ2n) is 5.49. The second-order valence-corrected chi connectivity index (χ2v) is 5.49. The van der Waals surface area contributed by atoms with Crippen LogP contribution in [0.2, 0.25) is 0 Å². The zero-order valence-electron chi connectivity index (χ0n) is 13.2. The van der Waals surface area contributed by atoms with Crippen molar-refractivity contribution in [3.05, 3.63) is 46.8 Å². The summed E-state index contributed by atoms with van der Waals surface area (Å²) in [5, 5.41) is 8.05. The number of rotatable bonds is 3. The van der Waals surface area contributed by atoms with Crippen LogP contribution in [-0.2, 0) is 13.5 Å². The Bertz CT molecular complexity index is 858. The van der Waals surface area contributed by atoms with Gasteiger partial charge in [0.1, 0.15) is 11.4 Å². The molecule has 0 saturated carbocycles. The molecule has 0 bridgehead atoms. The highest BCUT2D eigenvalue weighted by atomic mass is 16.3. The molecule has 1 N–H and O–H groups in total. The minimum atomic E-state index is -0.255. The monoisotopic (exact) mass is 297 g/mol. The van der Waals surface area contributed by atoms with E-state index in [1.54, 1.807) is 11.7 Å². The molecule has 0 atom stereocenters. The highest BCUT2D eigenvalue weighted by molar-refractivity contribution is 6.06. The number of benzene rings is 1. The smallest absolute Gasteiger partial charge is 0.292 e. The molecule has 1 aromatic carbocycles. The summed E-state index contributed by atoms with van der Waals surface area (Å²) in [6.07, 6.45) is 0.955. The molecule has 3 aromatic rings. The summed E-state index contributed by atoms with van der Waals surface area (Å²) in [4.78, 5) is 12.5. The van der Waals surface area contributed by atoms with Crippen LogP contribution in [0.4, 0.5) is 5.82 Å². The van der Waals surface area contributed by atoms with Crippen LogP contribution < -0.4 is 5.32 Å². The number of anilines is 1. The van der Waals surface area contributed by atoms with E-state index in [2.05, 4.69) is 23.4 Å². The normalized spacial score (nSPS) is 11.1. The van der Waals surface area contributed by atoms with Crippen molar-refractivity contribution in [2.75, 3.05) is 5.32 Å². The van der Waals surface area contributed by atoms with Crippen LogP contribution in [-0.4, -0.2) is 15.7 Å². The van der Waals surface area contributed by atoms with Gasteiger partial charge in [0, 0.05) is 24.1 Å². The Kier molecular flexibility index (Phi) is 3.48. The molecule has 0 unspecified atom stereocenters. The fraction of sp³-hybridized carbons (Fsp3) is 0.294. The van der Waals surface area contributed by atoms with Gasteiger partial charge in [-0.2, -0.15) is 5.10 Å². The topological polar surface area (TPSA) is 60.1 Å². The molecule has 2 aromatic heterocycles. The summed E-state index contributed by atoms with van der Waals surface area (Å²) >= 11 is 0. The SMILES string of the molecule is CCc1ccc2oc(C(=O)Nc3cc(C)nn3C)c(C)c2c1. The first kappa shape index (κ1) is 14.4. The zero-order valence-corrected chi connectivity index (χ0v) is 13.2. The largest absolute Gasteiger partial charge is 0.451 e. The molecule has 3 rings (SSSR count). The van der Waals surface area contributed by atoms with Crippen molar-refractivity contribution in [3.63, 3.8) is 0 Å². The van der Waals surface area contributed by atoms with E-state index >= 15 is 0 Å². The maximum absolute atomic E-state index is 12.5. The molecule has 0 aliphatic heterocycles. The third kappa shape index (κ3) is 2.39. The van der Waals surface area contributed by atoms with E-state index in [1.807, 2.05) is 32.0 Å². The maximum atomic E-state index is 12.5. The number of hydrogen-bond donors (Lipinski definition) is 1. The van der Waals surface area contributed by atoms with Gasteiger partial charge in [-0.15, -0.1) is 0 Å². The first-order valence-electron chi connectivity index (χ1n) is 7.33. The third-order valence-electron chi connectivity index (χ3n) is 3.86. The first-order valence-corrected chi connectivity index (χ1v) is 7.33. The highest BCUT2D eigenvalue weighted by Gasteiger charge is 2.19. The average molecular weight is 297 g/mol. The summed E-state index contributed by atoms with van der Waals surface area (Å²) in [7, 11) is 1.79. The number of carbonyl (C=O) groups is 1. The van der Waals surface area contributed by atoms with Crippen LogP contribution in [0.25, 0.3) is 11.0 Å². The van der Waals surface area contributed by atoms with Gasteiger partial charge in [-0.1, -0.05) is 13.0 Å². The lowest BCUT2D eigenvalue weighted by Crippen LogP contribution is -2.14. The summed E-state index contributed by atoms with van der Waals surface area (Å²) in [5.74, 6) is 0.744. The van der Waals surface area contributed by atoms with Crippen LogP contribution in [0.15, 0.2) is 28.7 Å². The number of amides is 1. The average Bonchev–Trinajstić information content (AvgIpc) is 2.98. The van der Waals surface area contributed by atoms with Crippen molar-refractivity contribution in [3.8, 4) is 0 Å². The molecule has 22 heavy (non-hydrogen) atoms. The zero-order chi connectivity index (χ0) is 15.9. The van der Waals surface area contributed by atoms with E-state index < -0.39 is 0 Å². The van der Waals surface area contributed by atoms with E-state index in [1.165, 1.54) is 5.56 Å². The van der Waals surface area contributed by atoms with Crippen molar-refractivity contribution in [2.24, 2.45) is 7.05 Å². The Morgan fingerprint density at radius 1 is 1.32 bits per heavy atom. The van der Waals surface area contributed by atoms with Gasteiger partial charge in [-0.05, 0) is 38.0 Å². The lowest BCUT2D eigenvalue weighted by atomic mass is 10.1. The van der Waals surface area contributed by atoms with Crippen LogP contribution in [0, 0.1) is 13.8 Å². The first-order chi connectivity index (χ1) is 10.5. The number of fused-ring (bicyclic) bond motifs is 1. The molecule has 5 heteroatoms. The lowest BCUT2D eigenvalue weighted by Gasteiger charge is -2.03. The second kappa shape index (κ2) is 5.33. The Balaban J connectivity index is 1.97. The Morgan fingerprint density at radius 3 is 2.73 bits per heavy atom. The van der Waals surface area contributed by atoms with Gasteiger partial charge in [-0.3, -0.25) is 9.48 Å². The van der Waals surface area contributed by atoms with Crippen molar-refractivity contribution < 1.29 is 9.21 Å². The fourth-order valence-electron chi connectivity index (χ4n) is 2.61. The van der Waals surface area contributed by atoms with Crippen LogP contribution >= 0.6 is 0 Å². The number of carbonyl (C=O) groups excluding carboxylic acids is 1. The number of furan rings is 1. The molecular formula is C17H19N3O2. The van der Waals surface area contributed by atoms with Gasteiger partial charge in [0.25, 0.3) is 5.91 Å². The predicted octanol–water partition coefficient (Wildman–Crippen LogP) is 3.60. The third-order valence-corrected chi connectivity index (χ3v) is 3.86. The molecule has 0 aliphatic rings. The van der Waals surface area contributed by atoms with Crippen molar-refractivity contribution in [1.29, 1.82) is 0 Å². The van der Waals surface area contributed by atoms with E-state index in [0.29, 0.717) is 11.6 Å². The van der Waals surface area contributed by atoms with Crippen molar-refractivity contribution in [2.45, 2.75) is 27.2 Å². The number of nitrogens with zero attached hydrogens (tertiary/aromatic N) is 2. The molecular weight excluding hydrogens is 278 g/mol. The molecule has 0 radical (unpaired) electrons. The molecule has 114 valence electrons. The molecule has 5 nitrogen and oxygen atoms in total. The Labute approximate surface area is 128 Å². The predicted molar refractivity (Wildman–Crippen MR) is 86.2 cm³/mol. The van der Waals surface area contributed by atoms with Gasteiger partial charge >= 0.3 is 0 Å². The minimum absolute atomic E-state index is 0.255. The fourth-order valence-corrected chi connectivity index (χ4v) is 2.61. The van der Waals surface area contributed by atoms with Gasteiger partial charge in [0.05, 0.1) is 5.69 Å². The van der Waals surface area contributed by atoms with Crippen molar-refractivity contribution in [1.82, 2.24) is 9.78 Å². The van der Waals surface area contributed by atoms with E-state index in [4.69, 9.17) is 4.42 Å². The summed E-state index contributed by atoms with van der Waals surface area (Å²) in [6, 6.07) is 7.86. The van der Waals surface area contributed by atoms with Crippen LogP contribution in [0.1, 0.15) is 34.3 Å². The van der Waals surface area contributed by atoms with E-state index in [9.17, 15) is 4.79 Å². The molecule has 0 fully saturated rings. The standard InChI is InChI=1S/C17H19N3O2/c1-5-12-6-7-14-13(9-12)11(3)16(22-14)17(21)18-15-8-10(2)19-20(15)4/h6-9H,5H2,1-4H3,(H,18,21). The summed E-state index contributed by atoms with van der Waals surface area (Å²) < 4.78 is 7.38. The van der Waals surface area contributed by atoms with Gasteiger partial charge in [-0.25, -0.2) is 0 Å². The quantitative estimate of drug-likeness (QED) is 0.803. The Hall–Kier alpha value is -2.56. The number of nitrogens with one attached hydrogen (secondary N) is 1. The number of hydrogen-bond acceptors (Lipinski definition) is 3.